The maximum absolute atomic E-state index is 12.9. The summed E-state index contributed by atoms with van der Waals surface area (Å²) in [5.41, 5.74) is 4.09. The van der Waals surface area contributed by atoms with Gasteiger partial charge in [0.25, 0.3) is 5.91 Å². The van der Waals surface area contributed by atoms with Crippen molar-refractivity contribution in [2.24, 2.45) is 5.92 Å². The van der Waals surface area contributed by atoms with E-state index in [1.807, 2.05) is 28.8 Å². The molecule has 198 valence electrons. The van der Waals surface area contributed by atoms with Gasteiger partial charge in [-0.2, -0.15) is 0 Å². The van der Waals surface area contributed by atoms with Gasteiger partial charge in [-0.25, -0.2) is 9.36 Å². The second kappa shape index (κ2) is 12.6. The van der Waals surface area contributed by atoms with Crippen LogP contribution in [0.3, 0.4) is 0 Å². The summed E-state index contributed by atoms with van der Waals surface area (Å²) in [4.78, 5) is 30.1. The van der Waals surface area contributed by atoms with Crippen LogP contribution in [-0.4, -0.2) is 31.8 Å². The van der Waals surface area contributed by atoms with Crippen LogP contribution in [0.15, 0.2) is 67.4 Å². The summed E-state index contributed by atoms with van der Waals surface area (Å²) in [5.74, 6) is 0.498. The molecule has 0 radical (unpaired) electrons. The number of nitrogens with zero attached hydrogens (tertiary/aromatic N) is 3. The Bertz CT molecular complexity index is 1410. The summed E-state index contributed by atoms with van der Waals surface area (Å²) in [7, 11) is 0. The standard InChI is InChI=1S/C29H34N6O2S/c1-5-21(12-10-19(3)4)30-18-20-11-13-25-24(16-20)33-29(34-28(37)26-14-15-31-38-26)35(25)23-9-7-8-22(17-23)32-27(36)6-2/h6-9,11,13-17,19,21,30H,2,5,10,12,18H2,1,3-4H3,(H,32,36)(H,33,34,37)/t21-/m1/s1. The van der Waals surface area contributed by atoms with Crippen LogP contribution in [0, 0.1) is 5.92 Å². The van der Waals surface area contributed by atoms with Crippen molar-refractivity contribution in [2.45, 2.75) is 52.6 Å². The average molecular weight is 531 g/mol. The number of hydrogen-bond donors (Lipinski definition) is 3. The molecule has 2 aromatic carbocycles. The highest BCUT2D eigenvalue weighted by Crippen LogP contribution is 2.28. The van der Waals surface area contributed by atoms with Crippen LogP contribution in [0.1, 0.15) is 55.3 Å². The number of hydrogen-bond acceptors (Lipinski definition) is 6. The molecule has 0 aliphatic heterocycles. The van der Waals surface area contributed by atoms with E-state index in [1.165, 1.54) is 12.5 Å². The predicted molar refractivity (Wildman–Crippen MR) is 155 cm³/mol. The molecule has 0 aliphatic carbocycles. The van der Waals surface area contributed by atoms with Gasteiger partial charge in [-0.15, -0.1) is 0 Å². The molecule has 0 unspecified atom stereocenters. The molecule has 0 saturated heterocycles. The molecule has 0 fully saturated rings. The number of nitrogens with one attached hydrogen (secondary N) is 3. The van der Waals surface area contributed by atoms with E-state index in [2.05, 4.69) is 59.8 Å². The summed E-state index contributed by atoms with van der Waals surface area (Å²) in [6.45, 7) is 11.0. The summed E-state index contributed by atoms with van der Waals surface area (Å²) < 4.78 is 5.91. The lowest BCUT2D eigenvalue weighted by Gasteiger charge is -2.18. The van der Waals surface area contributed by atoms with Crippen LogP contribution in [0.25, 0.3) is 16.7 Å². The largest absolute Gasteiger partial charge is 0.322 e. The van der Waals surface area contributed by atoms with Gasteiger partial charge in [-0.3, -0.25) is 19.5 Å². The summed E-state index contributed by atoms with van der Waals surface area (Å²) in [6, 6.07) is 15.7. The lowest BCUT2D eigenvalue weighted by molar-refractivity contribution is -0.111. The Morgan fingerprint density at radius 2 is 1.95 bits per heavy atom. The molecule has 0 saturated carbocycles. The molecule has 4 rings (SSSR count). The van der Waals surface area contributed by atoms with Crippen molar-refractivity contribution in [1.82, 2.24) is 19.2 Å². The fourth-order valence-corrected chi connectivity index (χ4v) is 4.73. The van der Waals surface area contributed by atoms with E-state index >= 15 is 0 Å². The second-order valence-corrected chi connectivity index (χ2v) is 10.5. The van der Waals surface area contributed by atoms with E-state index in [-0.39, 0.29) is 11.8 Å². The Morgan fingerprint density at radius 1 is 1.11 bits per heavy atom. The highest BCUT2D eigenvalue weighted by Gasteiger charge is 2.18. The van der Waals surface area contributed by atoms with Crippen molar-refractivity contribution in [3.63, 3.8) is 0 Å². The second-order valence-electron chi connectivity index (χ2n) is 9.63. The Labute approximate surface area is 227 Å². The molecule has 38 heavy (non-hydrogen) atoms. The van der Waals surface area contributed by atoms with Crippen LogP contribution in [0.2, 0.25) is 0 Å². The first-order valence-corrected chi connectivity index (χ1v) is 13.7. The van der Waals surface area contributed by atoms with E-state index < -0.39 is 0 Å². The predicted octanol–water partition coefficient (Wildman–Crippen LogP) is 6.16. The monoisotopic (exact) mass is 530 g/mol. The molecule has 0 aliphatic rings. The van der Waals surface area contributed by atoms with Gasteiger partial charge in [0.05, 0.1) is 16.7 Å². The first-order chi connectivity index (χ1) is 18.4. The fraction of sp³-hybridized carbons (Fsp3) is 0.310. The molecule has 8 nitrogen and oxygen atoms in total. The zero-order chi connectivity index (χ0) is 27.1. The molecule has 3 N–H and O–H groups in total. The Kier molecular flexibility index (Phi) is 9.04. The molecule has 1 atom stereocenters. The quantitative estimate of drug-likeness (QED) is 0.190. The van der Waals surface area contributed by atoms with Crippen molar-refractivity contribution in [3.05, 3.63) is 77.8 Å². The van der Waals surface area contributed by atoms with E-state index in [1.54, 1.807) is 18.3 Å². The van der Waals surface area contributed by atoms with Crippen molar-refractivity contribution >= 4 is 46.0 Å². The molecule has 9 heteroatoms. The molecular weight excluding hydrogens is 496 g/mol. The lowest BCUT2D eigenvalue weighted by atomic mass is 10.0. The maximum atomic E-state index is 12.9. The number of benzene rings is 2. The smallest absolute Gasteiger partial charge is 0.269 e. The number of amides is 2. The number of rotatable bonds is 12. The van der Waals surface area contributed by atoms with Crippen LogP contribution in [0.4, 0.5) is 11.6 Å². The van der Waals surface area contributed by atoms with E-state index in [0.29, 0.717) is 28.5 Å². The van der Waals surface area contributed by atoms with Crippen LogP contribution in [0.5, 0.6) is 0 Å². The lowest BCUT2D eigenvalue weighted by Crippen LogP contribution is -2.28. The van der Waals surface area contributed by atoms with Gasteiger partial charge in [0.15, 0.2) is 0 Å². The molecule has 2 amide bonds. The highest BCUT2D eigenvalue weighted by molar-refractivity contribution is 7.08. The zero-order valence-corrected chi connectivity index (χ0v) is 22.8. The van der Waals surface area contributed by atoms with E-state index in [4.69, 9.17) is 4.98 Å². The van der Waals surface area contributed by atoms with Crippen LogP contribution >= 0.6 is 11.5 Å². The number of fused-ring (bicyclic) bond motifs is 1. The van der Waals surface area contributed by atoms with Gasteiger partial charge < -0.3 is 10.6 Å². The van der Waals surface area contributed by atoms with Crippen molar-refractivity contribution in [2.75, 3.05) is 10.6 Å². The van der Waals surface area contributed by atoms with Gasteiger partial charge in [-0.1, -0.05) is 39.5 Å². The maximum Gasteiger partial charge on any atom is 0.269 e. The Hall–Kier alpha value is -3.82. The number of carbonyl (C=O) groups excluding carboxylic acids is 2. The molecule has 4 aromatic rings. The van der Waals surface area contributed by atoms with E-state index in [0.717, 1.165) is 53.2 Å². The minimum atomic E-state index is -0.299. The summed E-state index contributed by atoms with van der Waals surface area (Å²) in [5, 5.41) is 9.42. The Balaban J connectivity index is 1.67. The number of carbonyl (C=O) groups is 2. The molecule has 0 bridgehead atoms. The van der Waals surface area contributed by atoms with Crippen LogP contribution < -0.4 is 16.0 Å². The van der Waals surface area contributed by atoms with Crippen molar-refractivity contribution < 1.29 is 9.59 Å². The topological polar surface area (TPSA) is 101 Å². The SMILES string of the molecule is C=CC(=O)Nc1cccc(-n2c(NC(=O)c3ccns3)nc3cc(CN[C@H](CC)CCC(C)C)ccc32)c1. The van der Waals surface area contributed by atoms with E-state index in [9.17, 15) is 9.59 Å². The number of anilines is 2. The molecule has 2 aromatic heterocycles. The molecule has 2 heterocycles. The highest BCUT2D eigenvalue weighted by atomic mass is 32.1. The Morgan fingerprint density at radius 3 is 2.66 bits per heavy atom. The zero-order valence-electron chi connectivity index (χ0n) is 22.0. The normalized spacial score (nSPS) is 12.0. The average Bonchev–Trinajstić information content (AvgIpc) is 3.56. The third-order valence-corrected chi connectivity index (χ3v) is 7.09. The first kappa shape index (κ1) is 27.2. The van der Waals surface area contributed by atoms with Crippen LogP contribution in [-0.2, 0) is 11.3 Å². The first-order valence-electron chi connectivity index (χ1n) is 12.9. The van der Waals surface area contributed by atoms with Gasteiger partial charge in [0.1, 0.15) is 4.88 Å². The van der Waals surface area contributed by atoms with Crippen molar-refractivity contribution in [1.29, 1.82) is 0 Å². The summed E-state index contributed by atoms with van der Waals surface area (Å²) in [6.07, 6.45) is 6.25. The van der Waals surface area contributed by atoms with Gasteiger partial charge in [0, 0.05) is 24.5 Å². The number of imidazole rings is 1. The molecular formula is C29H34N6O2S. The van der Waals surface area contributed by atoms with Gasteiger partial charge in [0.2, 0.25) is 11.9 Å². The third kappa shape index (κ3) is 6.73. The molecule has 0 spiro atoms. The number of aromatic nitrogens is 3. The van der Waals surface area contributed by atoms with Crippen molar-refractivity contribution in [3.8, 4) is 5.69 Å². The fourth-order valence-electron chi connectivity index (χ4n) is 4.24. The minimum absolute atomic E-state index is 0.280. The summed E-state index contributed by atoms with van der Waals surface area (Å²) >= 11 is 1.13. The third-order valence-electron chi connectivity index (χ3n) is 6.34. The van der Waals surface area contributed by atoms with Gasteiger partial charge in [-0.05, 0) is 84.8 Å². The van der Waals surface area contributed by atoms with Gasteiger partial charge >= 0.3 is 0 Å². The minimum Gasteiger partial charge on any atom is -0.322 e.